The Labute approximate surface area is 118 Å². The summed E-state index contributed by atoms with van der Waals surface area (Å²) >= 11 is 0. The Balaban J connectivity index is 4.61. The minimum absolute atomic E-state index is 0.0351. The van der Waals surface area contributed by atoms with E-state index in [2.05, 4.69) is 5.32 Å². The first-order chi connectivity index (χ1) is 9.29. The molecule has 20 heavy (non-hydrogen) atoms. The lowest BCUT2D eigenvalue weighted by molar-refractivity contribution is -0.139. The zero-order chi connectivity index (χ0) is 15.7. The lowest BCUT2D eigenvalue weighted by Crippen LogP contribution is -2.51. The number of hydrogen-bond acceptors (Lipinski definition) is 4. The molecule has 0 aliphatic rings. The van der Waals surface area contributed by atoms with E-state index in [0.29, 0.717) is 13.2 Å². The van der Waals surface area contributed by atoms with Gasteiger partial charge < -0.3 is 25.8 Å². The number of nitrogens with zero attached hydrogens (tertiary/aromatic N) is 1. The van der Waals surface area contributed by atoms with E-state index in [1.54, 1.807) is 0 Å². The zero-order valence-corrected chi connectivity index (χ0v) is 12.1. The van der Waals surface area contributed by atoms with E-state index in [9.17, 15) is 14.4 Å². The van der Waals surface area contributed by atoms with Crippen molar-refractivity contribution in [3.63, 3.8) is 0 Å². The molecule has 0 saturated carbocycles. The van der Waals surface area contributed by atoms with Crippen molar-refractivity contribution in [3.8, 4) is 0 Å². The lowest BCUT2D eigenvalue weighted by Gasteiger charge is -2.28. The molecular weight excluding hydrogens is 266 g/mol. The molecule has 0 rings (SSSR count). The maximum absolute atomic E-state index is 12.0. The summed E-state index contributed by atoms with van der Waals surface area (Å²) in [6, 6.07) is -1.75. The predicted octanol–water partition coefficient (Wildman–Crippen LogP) is -0.228. The quantitative estimate of drug-likeness (QED) is 0.541. The van der Waals surface area contributed by atoms with E-state index in [0.717, 1.165) is 0 Å². The normalized spacial score (nSPS) is 12.0. The van der Waals surface area contributed by atoms with Crippen LogP contribution in [0.25, 0.3) is 0 Å². The molecule has 0 unspecified atom stereocenters. The molecule has 0 saturated heterocycles. The van der Waals surface area contributed by atoms with Gasteiger partial charge in [0.25, 0.3) is 0 Å². The van der Waals surface area contributed by atoms with Crippen LogP contribution < -0.4 is 11.1 Å². The highest BCUT2D eigenvalue weighted by Crippen LogP contribution is 2.03. The number of aliphatic carboxylic acids is 1. The molecule has 0 aromatic heterocycles. The van der Waals surface area contributed by atoms with Crippen LogP contribution in [-0.2, 0) is 14.3 Å². The van der Waals surface area contributed by atoms with E-state index in [4.69, 9.17) is 15.6 Å². The van der Waals surface area contributed by atoms with Gasteiger partial charge in [-0.2, -0.15) is 0 Å². The van der Waals surface area contributed by atoms with Crippen LogP contribution in [0.3, 0.4) is 0 Å². The summed E-state index contributed by atoms with van der Waals surface area (Å²) < 4.78 is 4.90. The average Bonchev–Trinajstić information content (AvgIpc) is 2.33. The molecule has 3 amide bonds. The number of carbonyl (C=O) groups excluding carboxylic acids is 2. The average molecular weight is 289 g/mol. The van der Waals surface area contributed by atoms with Gasteiger partial charge in [-0.15, -0.1) is 0 Å². The molecule has 0 heterocycles. The van der Waals surface area contributed by atoms with Crippen LogP contribution in [0.2, 0.25) is 0 Å². The Hall–Kier alpha value is -1.83. The second-order valence-corrected chi connectivity index (χ2v) is 4.63. The number of methoxy groups -OCH3 is 1. The van der Waals surface area contributed by atoms with E-state index in [1.165, 1.54) is 12.0 Å². The fourth-order valence-electron chi connectivity index (χ4n) is 1.56. The number of hydrogen-bond donors (Lipinski definition) is 3. The summed E-state index contributed by atoms with van der Waals surface area (Å²) in [7, 11) is 1.52. The summed E-state index contributed by atoms with van der Waals surface area (Å²) in [5.74, 6) is -1.80. The number of amides is 3. The van der Waals surface area contributed by atoms with Crippen molar-refractivity contribution in [3.05, 3.63) is 0 Å². The van der Waals surface area contributed by atoms with Crippen LogP contribution in [0, 0.1) is 0 Å². The summed E-state index contributed by atoms with van der Waals surface area (Å²) in [6.07, 6.45) is -0.135. The van der Waals surface area contributed by atoms with Gasteiger partial charge in [0.2, 0.25) is 5.91 Å². The van der Waals surface area contributed by atoms with Crippen molar-refractivity contribution in [1.29, 1.82) is 0 Å². The molecule has 0 bridgehead atoms. The number of carboxylic acid groups (broad SMARTS) is 1. The molecule has 0 aliphatic heterocycles. The Morgan fingerprint density at radius 1 is 1.35 bits per heavy atom. The molecule has 1 atom stereocenters. The summed E-state index contributed by atoms with van der Waals surface area (Å²) in [6.45, 7) is 4.33. The van der Waals surface area contributed by atoms with Crippen molar-refractivity contribution >= 4 is 17.9 Å². The minimum Gasteiger partial charge on any atom is -0.480 e. The van der Waals surface area contributed by atoms with Crippen molar-refractivity contribution in [2.45, 2.75) is 38.8 Å². The number of carboxylic acids is 1. The van der Waals surface area contributed by atoms with Gasteiger partial charge in [0.05, 0.1) is 6.61 Å². The van der Waals surface area contributed by atoms with Gasteiger partial charge in [-0.1, -0.05) is 0 Å². The molecule has 0 aromatic rings. The Kier molecular flexibility index (Phi) is 8.30. The summed E-state index contributed by atoms with van der Waals surface area (Å²) in [4.78, 5) is 35.2. The fraction of sp³-hybridized carbons (Fsp3) is 0.750. The van der Waals surface area contributed by atoms with Crippen molar-refractivity contribution in [2.24, 2.45) is 5.73 Å². The highest BCUT2D eigenvalue weighted by Gasteiger charge is 2.24. The molecular formula is C12H23N3O5. The van der Waals surface area contributed by atoms with E-state index in [1.807, 2.05) is 13.8 Å². The maximum atomic E-state index is 12.0. The topological polar surface area (TPSA) is 122 Å². The molecule has 0 fully saturated rings. The van der Waals surface area contributed by atoms with Crippen LogP contribution in [0.5, 0.6) is 0 Å². The number of nitrogens with one attached hydrogen (secondary N) is 1. The van der Waals surface area contributed by atoms with Crippen LogP contribution in [0.1, 0.15) is 26.7 Å². The first kappa shape index (κ1) is 18.2. The van der Waals surface area contributed by atoms with E-state index in [-0.39, 0.29) is 18.9 Å². The van der Waals surface area contributed by atoms with Crippen LogP contribution in [0.4, 0.5) is 4.79 Å². The number of carbonyl (C=O) groups is 3. The summed E-state index contributed by atoms with van der Waals surface area (Å²) in [5.41, 5.74) is 4.97. The number of rotatable bonds is 9. The largest absolute Gasteiger partial charge is 0.480 e. The van der Waals surface area contributed by atoms with Crippen molar-refractivity contribution in [2.75, 3.05) is 20.3 Å². The third-order valence-corrected chi connectivity index (χ3v) is 2.70. The number of urea groups is 1. The second kappa shape index (κ2) is 9.13. The van der Waals surface area contributed by atoms with E-state index >= 15 is 0 Å². The van der Waals surface area contributed by atoms with Gasteiger partial charge in [-0.25, -0.2) is 9.59 Å². The lowest BCUT2D eigenvalue weighted by atomic mass is 10.1. The highest BCUT2D eigenvalue weighted by atomic mass is 16.5. The van der Waals surface area contributed by atoms with Gasteiger partial charge in [-0.3, -0.25) is 4.79 Å². The third kappa shape index (κ3) is 6.93. The molecule has 0 spiro atoms. The first-order valence-corrected chi connectivity index (χ1v) is 6.36. The SMILES string of the molecule is COCCN(C(=O)N[C@H](CCC(N)=O)C(=O)O)C(C)C. The Morgan fingerprint density at radius 3 is 2.35 bits per heavy atom. The molecule has 8 nitrogen and oxygen atoms in total. The molecule has 4 N–H and O–H groups in total. The van der Waals surface area contributed by atoms with Crippen LogP contribution in [0.15, 0.2) is 0 Å². The van der Waals surface area contributed by atoms with Crippen LogP contribution >= 0.6 is 0 Å². The minimum atomic E-state index is -1.20. The van der Waals surface area contributed by atoms with Gasteiger partial charge in [0, 0.05) is 26.1 Å². The first-order valence-electron chi connectivity index (χ1n) is 6.36. The smallest absolute Gasteiger partial charge is 0.326 e. The number of primary amides is 1. The van der Waals surface area contributed by atoms with Gasteiger partial charge >= 0.3 is 12.0 Å². The highest BCUT2D eigenvalue weighted by molar-refractivity contribution is 5.83. The monoisotopic (exact) mass is 289 g/mol. The van der Waals surface area contributed by atoms with Crippen molar-refractivity contribution < 1.29 is 24.2 Å². The maximum Gasteiger partial charge on any atom is 0.326 e. The van der Waals surface area contributed by atoms with Crippen molar-refractivity contribution in [1.82, 2.24) is 10.2 Å². The summed E-state index contributed by atoms with van der Waals surface area (Å²) in [5, 5.41) is 11.4. The van der Waals surface area contributed by atoms with Gasteiger partial charge in [-0.05, 0) is 20.3 Å². The van der Waals surface area contributed by atoms with Gasteiger partial charge in [0.15, 0.2) is 0 Å². The predicted molar refractivity (Wildman–Crippen MR) is 72.1 cm³/mol. The standard InChI is InChI=1S/C12H23N3O5/c1-8(2)15(6-7-20-3)12(19)14-9(11(17)18)4-5-10(13)16/h8-9H,4-7H2,1-3H3,(H2,13,16)(H,14,19)(H,17,18)/t9-/m1/s1. The zero-order valence-electron chi connectivity index (χ0n) is 12.1. The molecule has 0 aliphatic carbocycles. The van der Waals surface area contributed by atoms with Gasteiger partial charge in [0.1, 0.15) is 6.04 Å². The van der Waals surface area contributed by atoms with E-state index < -0.39 is 23.9 Å². The Morgan fingerprint density at radius 2 is 1.95 bits per heavy atom. The molecule has 116 valence electrons. The third-order valence-electron chi connectivity index (χ3n) is 2.70. The number of ether oxygens (including phenoxy) is 1. The van der Waals surface area contributed by atoms with Crippen LogP contribution in [-0.4, -0.2) is 60.3 Å². The molecule has 0 radical (unpaired) electrons. The molecule has 0 aromatic carbocycles. The Bertz CT molecular complexity index is 346. The number of nitrogens with two attached hydrogens (primary N) is 1. The molecule has 8 heteroatoms. The second-order valence-electron chi connectivity index (χ2n) is 4.63. The fourth-order valence-corrected chi connectivity index (χ4v) is 1.56.